The lowest BCUT2D eigenvalue weighted by atomic mass is 10.1. The third kappa shape index (κ3) is 6.57. The number of hydrogen-bond donors (Lipinski definition) is 1. The third-order valence-electron chi connectivity index (χ3n) is 6.41. The zero-order valence-electron chi connectivity index (χ0n) is 22.1. The van der Waals surface area contributed by atoms with E-state index in [1.165, 1.54) is 11.9 Å². The molecular weight excluding hydrogens is 486 g/mol. The van der Waals surface area contributed by atoms with Gasteiger partial charge in [-0.05, 0) is 68.1 Å². The molecule has 0 unspecified atom stereocenters. The zero-order valence-corrected chi connectivity index (χ0v) is 22.9. The fourth-order valence-electron chi connectivity index (χ4n) is 4.21. The van der Waals surface area contributed by atoms with Gasteiger partial charge in [0, 0.05) is 13.6 Å². The summed E-state index contributed by atoms with van der Waals surface area (Å²) in [7, 11) is -2.54. The van der Waals surface area contributed by atoms with Crippen molar-refractivity contribution < 1.29 is 18.0 Å². The van der Waals surface area contributed by atoms with Crippen LogP contribution in [0.3, 0.4) is 0 Å². The summed E-state index contributed by atoms with van der Waals surface area (Å²) >= 11 is 0. The summed E-state index contributed by atoms with van der Waals surface area (Å²) in [6.07, 6.45) is 0.381. The van der Waals surface area contributed by atoms with E-state index in [2.05, 4.69) is 5.32 Å². The largest absolute Gasteiger partial charge is 0.357 e. The van der Waals surface area contributed by atoms with Gasteiger partial charge in [-0.3, -0.25) is 13.9 Å². The van der Waals surface area contributed by atoms with E-state index in [1.54, 1.807) is 42.5 Å². The Labute approximate surface area is 220 Å². The molecule has 3 aromatic carbocycles. The highest BCUT2D eigenvalue weighted by Gasteiger charge is 2.33. The number of likely N-dealkylation sites (N-methyl/N-ethyl adjacent to an activating group) is 1. The van der Waals surface area contributed by atoms with Gasteiger partial charge in [-0.15, -0.1) is 0 Å². The van der Waals surface area contributed by atoms with E-state index in [9.17, 15) is 18.0 Å². The number of anilines is 1. The Morgan fingerprint density at radius 3 is 2.16 bits per heavy atom. The molecule has 1 atom stereocenters. The van der Waals surface area contributed by atoms with Gasteiger partial charge in [0.2, 0.25) is 11.8 Å². The highest BCUT2D eigenvalue weighted by Crippen LogP contribution is 2.26. The van der Waals surface area contributed by atoms with Gasteiger partial charge in [0.1, 0.15) is 12.6 Å². The number of aryl methyl sites for hydroxylation is 3. The Morgan fingerprint density at radius 2 is 1.57 bits per heavy atom. The van der Waals surface area contributed by atoms with Gasteiger partial charge < -0.3 is 10.2 Å². The minimum atomic E-state index is -4.07. The molecule has 0 aliphatic carbocycles. The van der Waals surface area contributed by atoms with Crippen molar-refractivity contribution in [2.24, 2.45) is 0 Å². The van der Waals surface area contributed by atoms with Gasteiger partial charge in [-0.1, -0.05) is 61.0 Å². The second kappa shape index (κ2) is 12.1. The number of sulfonamides is 1. The van der Waals surface area contributed by atoms with Crippen molar-refractivity contribution in [1.82, 2.24) is 10.2 Å². The topological polar surface area (TPSA) is 86.8 Å². The molecule has 0 heterocycles. The van der Waals surface area contributed by atoms with Crippen molar-refractivity contribution in [3.63, 3.8) is 0 Å². The minimum absolute atomic E-state index is 0.0937. The van der Waals surface area contributed by atoms with Gasteiger partial charge in [0.25, 0.3) is 10.0 Å². The Morgan fingerprint density at radius 1 is 0.892 bits per heavy atom. The van der Waals surface area contributed by atoms with Crippen LogP contribution in [0.4, 0.5) is 5.69 Å². The van der Waals surface area contributed by atoms with E-state index >= 15 is 0 Å². The first-order valence-electron chi connectivity index (χ1n) is 12.3. The lowest BCUT2D eigenvalue weighted by molar-refractivity contribution is -0.140. The summed E-state index contributed by atoms with van der Waals surface area (Å²) in [6, 6.07) is 20.5. The van der Waals surface area contributed by atoms with Gasteiger partial charge in [0.15, 0.2) is 0 Å². The molecule has 3 aromatic rings. The molecule has 0 saturated heterocycles. The summed E-state index contributed by atoms with van der Waals surface area (Å²) in [5, 5.41) is 2.64. The maximum absolute atomic E-state index is 13.9. The predicted molar refractivity (Wildman–Crippen MR) is 147 cm³/mol. The summed E-state index contributed by atoms with van der Waals surface area (Å²) in [4.78, 5) is 28.3. The molecule has 1 N–H and O–H groups in total. The van der Waals surface area contributed by atoms with Crippen molar-refractivity contribution in [3.05, 3.63) is 95.1 Å². The Balaban J connectivity index is 2.07. The third-order valence-corrected chi connectivity index (χ3v) is 8.20. The quantitative estimate of drug-likeness (QED) is 0.430. The SMILES string of the molecule is CC[C@@H](C(=O)NC)N(Cc1ccccc1C)C(=O)CN(c1cccc(C)c1)S(=O)(=O)c1ccc(C)cc1. The van der Waals surface area contributed by atoms with Gasteiger partial charge in [-0.25, -0.2) is 8.42 Å². The maximum atomic E-state index is 13.9. The number of rotatable bonds is 10. The molecular formula is C29H35N3O4S. The molecule has 7 nitrogen and oxygen atoms in total. The number of amides is 2. The van der Waals surface area contributed by atoms with Crippen LogP contribution in [0.25, 0.3) is 0 Å². The number of hydrogen-bond acceptors (Lipinski definition) is 4. The highest BCUT2D eigenvalue weighted by molar-refractivity contribution is 7.92. The molecule has 37 heavy (non-hydrogen) atoms. The summed E-state index contributed by atoms with van der Waals surface area (Å²) in [5.41, 5.74) is 4.05. The molecule has 0 saturated carbocycles. The van der Waals surface area contributed by atoms with E-state index in [0.29, 0.717) is 12.1 Å². The van der Waals surface area contributed by atoms with E-state index in [4.69, 9.17) is 0 Å². The highest BCUT2D eigenvalue weighted by atomic mass is 32.2. The standard InChI is InChI=1S/C29H35N3O4S/c1-6-27(29(34)30-5)31(19-24-12-8-7-11-23(24)4)28(33)20-32(25-13-9-10-22(3)18-25)37(35,36)26-16-14-21(2)15-17-26/h7-18,27H,6,19-20H2,1-5H3,(H,30,34)/t27-/m0/s1. The number of nitrogens with one attached hydrogen (secondary N) is 1. The molecule has 0 aliphatic heterocycles. The lowest BCUT2D eigenvalue weighted by Crippen LogP contribution is -2.51. The molecule has 196 valence electrons. The summed E-state index contributed by atoms with van der Waals surface area (Å²) in [6.45, 7) is 7.26. The van der Waals surface area contributed by atoms with Crippen molar-refractivity contribution >= 4 is 27.5 Å². The first-order valence-corrected chi connectivity index (χ1v) is 13.7. The van der Waals surface area contributed by atoms with Crippen molar-refractivity contribution in [2.45, 2.75) is 51.6 Å². The fourth-order valence-corrected chi connectivity index (χ4v) is 5.61. The van der Waals surface area contributed by atoms with E-state index in [1.807, 2.05) is 58.0 Å². The van der Waals surface area contributed by atoms with Crippen molar-refractivity contribution in [3.8, 4) is 0 Å². The number of benzene rings is 3. The molecule has 3 rings (SSSR count). The molecule has 0 fully saturated rings. The molecule has 0 radical (unpaired) electrons. The van der Waals surface area contributed by atoms with Crippen molar-refractivity contribution in [1.29, 1.82) is 0 Å². The van der Waals surface area contributed by atoms with Crippen molar-refractivity contribution in [2.75, 3.05) is 17.9 Å². The van der Waals surface area contributed by atoms with Crippen LogP contribution in [-0.4, -0.2) is 44.8 Å². The van der Waals surface area contributed by atoms with Crippen LogP contribution in [0.15, 0.2) is 77.7 Å². The average Bonchev–Trinajstić information content (AvgIpc) is 2.88. The second-order valence-corrected chi connectivity index (χ2v) is 11.0. The van der Waals surface area contributed by atoms with E-state index < -0.39 is 28.5 Å². The second-order valence-electron chi connectivity index (χ2n) is 9.15. The summed E-state index contributed by atoms with van der Waals surface area (Å²) < 4.78 is 28.8. The Bertz CT molecular complexity index is 1350. The van der Waals surface area contributed by atoms with E-state index in [0.717, 1.165) is 26.6 Å². The maximum Gasteiger partial charge on any atom is 0.264 e. The number of nitrogens with zero attached hydrogens (tertiary/aromatic N) is 2. The van der Waals surface area contributed by atoms with E-state index in [-0.39, 0.29) is 17.3 Å². The fraction of sp³-hybridized carbons (Fsp3) is 0.310. The van der Waals surface area contributed by atoms with Crippen LogP contribution in [0.5, 0.6) is 0 Å². The van der Waals surface area contributed by atoms with Gasteiger partial charge >= 0.3 is 0 Å². The van der Waals surface area contributed by atoms with Crippen LogP contribution < -0.4 is 9.62 Å². The van der Waals surface area contributed by atoms with Crippen LogP contribution in [0.1, 0.15) is 35.6 Å². The van der Waals surface area contributed by atoms with Crippen LogP contribution in [-0.2, 0) is 26.2 Å². The minimum Gasteiger partial charge on any atom is -0.357 e. The molecule has 2 amide bonds. The lowest BCUT2D eigenvalue weighted by Gasteiger charge is -2.33. The molecule has 0 aliphatic rings. The van der Waals surface area contributed by atoms with Gasteiger partial charge in [-0.2, -0.15) is 0 Å². The number of carbonyl (C=O) groups excluding carboxylic acids is 2. The normalized spacial score (nSPS) is 12.0. The Hall–Kier alpha value is -3.65. The molecule has 0 bridgehead atoms. The zero-order chi connectivity index (χ0) is 27.2. The van der Waals surface area contributed by atoms with Crippen LogP contribution >= 0.6 is 0 Å². The molecule has 8 heteroatoms. The molecule has 0 spiro atoms. The first-order chi connectivity index (χ1) is 17.6. The predicted octanol–water partition coefficient (Wildman–Crippen LogP) is 4.36. The monoisotopic (exact) mass is 521 g/mol. The average molecular weight is 522 g/mol. The Kier molecular flexibility index (Phi) is 9.10. The van der Waals surface area contributed by atoms with Gasteiger partial charge in [0.05, 0.1) is 10.6 Å². The van der Waals surface area contributed by atoms with Crippen LogP contribution in [0, 0.1) is 20.8 Å². The smallest absolute Gasteiger partial charge is 0.264 e. The summed E-state index contributed by atoms with van der Waals surface area (Å²) in [5.74, 6) is -0.760. The first kappa shape index (κ1) is 27.9. The van der Waals surface area contributed by atoms with Crippen LogP contribution in [0.2, 0.25) is 0 Å². The number of carbonyl (C=O) groups is 2. The molecule has 0 aromatic heterocycles.